The highest BCUT2D eigenvalue weighted by Gasteiger charge is 2.14. The second-order valence-electron chi connectivity index (χ2n) is 5.07. The van der Waals surface area contributed by atoms with Crippen LogP contribution in [-0.2, 0) is 6.54 Å². The van der Waals surface area contributed by atoms with Crippen LogP contribution in [-0.4, -0.2) is 29.0 Å². The molecule has 3 rings (SSSR count). The lowest BCUT2D eigenvalue weighted by Crippen LogP contribution is -2.30. The van der Waals surface area contributed by atoms with E-state index in [1.54, 1.807) is 18.5 Å². The van der Waals surface area contributed by atoms with Gasteiger partial charge in [-0.05, 0) is 31.4 Å². The molecular weight excluding hydrogens is 268 g/mol. The molecule has 0 saturated carbocycles. The van der Waals surface area contributed by atoms with Crippen molar-refractivity contribution in [1.29, 1.82) is 0 Å². The summed E-state index contributed by atoms with van der Waals surface area (Å²) >= 11 is 0. The van der Waals surface area contributed by atoms with Gasteiger partial charge in [0, 0.05) is 13.1 Å². The fourth-order valence-electron chi connectivity index (χ4n) is 2.40. The Bertz CT molecular complexity index is 574. The molecule has 1 amide bonds. The van der Waals surface area contributed by atoms with Gasteiger partial charge in [-0.2, -0.15) is 0 Å². The summed E-state index contributed by atoms with van der Waals surface area (Å²) < 4.78 is 5.16. The zero-order valence-electron chi connectivity index (χ0n) is 11.8. The van der Waals surface area contributed by atoms with Crippen LogP contribution in [0.4, 0.5) is 5.82 Å². The van der Waals surface area contributed by atoms with Gasteiger partial charge in [-0.3, -0.25) is 4.79 Å². The molecule has 0 unspecified atom stereocenters. The summed E-state index contributed by atoms with van der Waals surface area (Å²) in [5.74, 6) is 1.31. The van der Waals surface area contributed by atoms with Gasteiger partial charge in [0.1, 0.15) is 17.3 Å². The van der Waals surface area contributed by atoms with Crippen LogP contribution in [0.1, 0.15) is 35.5 Å². The average Bonchev–Trinajstić information content (AvgIpc) is 3.07. The smallest absolute Gasteiger partial charge is 0.271 e. The normalized spacial score (nSPS) is 15.0. The minimum atomic E-state index is -0.246. The van der Waals surface area contributed by atoms with Crippen molar-refractivity contribution in [3.05, 3.63) is 42.2 Å². The molecule has 1 fully saturated rings. The first-order valence-electron chi connectivity index (χ1n) is 7.20. The molecule has 2 aromatic heterocycles. The van der Waals surface area contributed by atoms with Gasteiger partial charge < -0.3 is 14.6 Å². The summed E-state index contributed by atoms with van der Waals surface area (Å²) in [6.45, 7) is 2.37. The van der Waals surface area contributed by atoms with E-state index in [0.717, 1.165) is 18.9 Å². The highest BCUT2D eigenvalue weighted by Crippen LogP contribution is 2.16. The van der Waals surface area contributed by atoms with Gasteiger partial charge in [-0.1, -0.05) is 0 Å². The average molecular weight is 286 g/mol. The van der Waals surface area contributed by atoms with Crippen LogP contribution in [0.25, 0.3) is 0 Å². The minimum Gasteiger partial charge on any atom is -0.467 e. The van der Waals surface area contributed by atoms with E-state index >= 15 is 0 Å². The predicted octanol–water partition coefficient (Wildman–Crippen LogP) is 1.99. The Labute approximate surface area is 123 Å². The molecule has 3 heterocycles. The summed E-state index contributed by atoms with van der Waals surface area (Å²) in [6, 6.07) is 3.60. The number of hydrogen-bond acceptors (Lipinski definition) is 5. The number of nitrogens with one attached hydrogen (secondary N) is 1. The van der Waals surface area contributed by atoms with Crippen molar-refractivity contribution in [2.45, 2.75) is 25.8 Å². The molecule has 6 nitrogen and oxygen atoms in total. The Kier molecular flexibility index (Phi) is 4.14. The molecule has 0 spiro atoms. The van der Waals surface area contributed by atoms with E-state index in [4.69, 9.17) is 4.42 Å². The van der Waals surface area contributed by atoms with Gasteiger partial charge in [-0.25, -0.2) is 9.97 Å². The van der Waals surface area contributed by atoms with E-state index < -0.39 is 0 Å². The van der Waals surface area contributed by atoms with Crippen molar-refractivity contribution in [2.24, 2.45) is 0 Å². The number of rotatable bonds is 4. The highest BCUT2D eigenvalue weighted by atomic mass is 16.3. The lowest BCUT2D eigenvalue weighted by atomic mass is 10.1. The van der Waals surface area contributed by atoms with Gasteiger partial charge in [0.15, 0.2) is 0 Å². The molecule has 110 valence electrons. The van der Waals surface area contributed by atoms with Crippen molar-refractivity contribution in [3.63, 3.8) is 0 Å². The van der Waals surface area contributed by atoms with E-state index in [1.807, 2.05) is 6.07 Å². The molecule has 2 aromatic rings. The van der Waals surface area contributed by atoms with Gasteiger partial charge in [0.05, 0.1) is 25.2 Å². The second kappa shape index (κ2) is 6.39. The molecule has 1 saturated heterocycles. The Balaban J connectivity index is 1.59. The number of hydrogen-bond donors (Lipinski definition) is 1. The Morgan fingerprint density at radius 3 is 2.76 bits per heavy atom. The van der Waals surface area contributed by atoms with Crippen LogP contribution in [0.5, 0.6) is 0 Å². The first-order valence-corrected chi connectivity index (χ1v) is 7.20. The highest BCUT2D eigenvalue weighted by molar-refractivity contribution is 5.91. The van der Waals surface area contributed by atoms with Crippen molar-refractivity contribution >= 4 is 11.7 Å². The number of aromatic nitrogens is 2. The fourth-order valence-corrected chi connectivity index (χ4v) is 2.40. The van der Waals surface area contributed by atoms with E-state index in [-0.39, 0.29) is 5.91 Å². The van der Waals surface area contributed by atoms with Gasteiger partial charge in [0.2, 0.25) is 0 Å². The van der Waals surface area contributed by atoms with Crippen molar-refractivity contribution in [3.8, 4) is 0 Å². The van der Waals surface area contributed by atoms with Gasteiger partial charge >= 0.3 is 0 Å². The van der Waals surface area contributed by atoms with Crippen molar-refractivity contribution in [2.75, 3.05) is 18.0 Å². The third-order valence-corrected chi connectivity index (χ3v) is 3.55. The van der Waals surface area contributed by atoms with Gasteiger partial charge in [0.25, 0.3) is 5.91 Å². The van der Waals surface area contributed by atoms with Crippen LogP contribution < -0.4 is 10.2 Å². The Morgan fingerprint density at radius 1 is 1.24 bits per heavy atom. The number of anilines is 1. The van der Waals surface area contributed by atoms with E-state index in [2.05, 4.69) is 20.2 Å². The molecule has 0 atom stereocenters. The maximum Gasteiger partial charge on any atom is 0.271 e. The van der Waals surface area contributed by atoms with Crippen molar-refractivity contribution in [1.82, 2.24) is 15.3 Å². The maximum atomic E-state index is 12.0. The summed E-state index contributed by atoms with van der Waals surface area (Å²) in [7, 11) is 0. The largest absolute Gasteiger partial charge is 0.467 e. The molecule has 1 aliphatic heterocycles. The molecule has 0 aromatic carbocycles. The van der Waals surface area contributed by atoms with E-state index in [0.29, 0.717) is 18.0 Å². The number of carbonyl (C=O) groups is 1. The van der Waals surface area contributed by atoms with Crippen LogP contribution in [0.2, 0.25) is 0 Å². The van der Waals surface area contributed by atoms with Crippen LogP contribution in [0.3, 0.4) is 0 Å². The fraction of sp³-hybridized carbons (Fsp3) is 0.400. The quantitative estimate of drug-likeness (QED) is 0.930. The molecule has 0 radical (unpaired) electrons. The van der Waals surface area contributed by atoms with Crippen LogP contribution >= 0.6 is 0 Å². The predicted molar refractivity (Wildman–Crippen MR) is 78.0 cm³/mol. The zero-order chi connectivity index (χ0) is 14.5. The number of carbonyl (C=O) groups excluding carboxylic acids is 1. The molecule has 0 bridgehead atoms. The Hall–Kier alpha value is -2.37. The lowest BCUT2D eigenvalue weighted by Gasteiger charge is -2.27. The first-order chi connectivity index (χ1) is 10.3. The number of nitrogens with zero attached hydrogens (tertiary/aromatic N) is 3. The molecule has 0 aliphatic carbocycles. The van der Waals surface area contributed by atoms with Crippen LogP contribution in [0, 0.1) is 0 Å². The Morgan fingerprint density at radius 2 is 2.10 bits per heavy atom. The summed E-state index contributed by atoms with van der Waals surface area (Å²) in [6.07, 6.45) is 8.43. The van der Waals surface area contributed by atoms with E-state index in [9.17, 15) is 4.79 Å². The number of furan rings is 1. The summed E-state index contributed by atoms with van der Waals surface area (Å²) in [5, 5.41) is 2.75. The SMILES string of the molecule is O=C(NCc1ccco1)c1cnc(N2CCCCC2)cn1. The molecular formula is C15H18N4O2. The number of amides is 1. The standard InChI is InChI=1S/C15H18N4O2/c20-15(18-9-12-5-4-8-21-12)13-10-17-14(11-16-13)19-6-2-1-3-7-19/h4-5,8,10-11H,1-3,6-7,9H2,(H,18,20). The molecule has 1 aliphatic rings. The minimum absolute atomic E-state index is 0.246. The molecule has 21 heavy (non-hydrogen) atoms. The maximum absolute atomic E-state index is 12.0. The molecule has 6 heteroatoms. The first kappa shape index (κ1) is 13.6. The molecule has 1 N–H and O–H groups in total. The number of piperidine rings is 1. The van der Waals surface area contributed by atoms with E-state index in [1.165, 1.54) is 25.5 Å². The van der Waals surface area contributed by atoms with Crippen LogP contribution in [0.15, 0.2) is 35.2 Å². The van der Waals surface area contributed by atoms with Crippen molar-refractivity contribution < 1.29 is 9.21 Å². The monoisotopic (exact) mass is 286 g/mol. The zero-order valence-corrected chi connectivity index (χ0v) is 11.8. The second-order valence-corrected chi connectivity index (χ2v) is 5.07. The summed E-state index contributed by atoms with van der Waals surface area (Å²) in [4.78, 5) is 22.7. The lowest BCUT2D eigenvalue weighted by molar-refractivity contribution is 0.0942. The van der Waals surface area contributed by atoms with Gasteiger partial charge in [-0.15, -0.1) is 0 Å². The summed E-state index contributed by atoms with van der Waals surface area (Å²) in [5.41, 5.74) is 0.322. The topological polar surface area (TPSA) is 71.3 Å². The third kappa shape index (κ3) is 3.39. The third-order valence-electron chi connectivity index (χ3n) is 3.55.